The maximum atomic E-state index is 13.0. The van der Waals surface area contributed by atoms with Crippen LogP contribution in [0.3, 0.4) is 0 Å². The van der Waals surface area contributed by atoms with Crippen LogP contribution < -0.4 is 5.32 Å². The zero-order chi connectivity index (χ0) is 20.2. The maximum Gasteiger partial charge on any atom is 0.252 e. The van der Waals surface area contributed by atoms with Crippen LogP contribution in [0.4, 0.5) is 0 Å². The number of carbonyl (C=O) groups excluding carboxylic acids is 1. The number of aryl methyl sites for hydroxylation is 2. The Bertz CT molecular complexity index is 1020. The zero-order valence-electron chi connectivity index (χ0n) is 17.4. The first-order valence-electron chi connectivity index (χ1n) is 10.6. The molecular formula is C25H29N3O. The Labute approximate surface area is 173 Å². The van der Waals surface area contributed by atoms with Crippen molar-refractivity contribution >= 4 is 16.8 Å². The highest BCUT2D eigenvalue weighted by Crippen LogP contribution is 2.26. The van der Waals surface area contributed by atoms with E-state index in [-0.39, 0.29) is 5.91 Å². The van der Waals surface area contributed by atoms with Crippen molar-refractivity contribution < 1.29 is 4.79 Å². The van der Waals surface area contributed by atoms with Gasteiger partial charge in [0.05, 0.1) is 16.8 Å². The fourth-order valence-electron chi connectivity index (χ4n) is 4.02. The van der Waals surface area contributed by atoms with Gasteiger partial charge in [0.25, 0.3) is 5.91 Å². The summed E-state index contributed by atoms with van der Waals surface area (Å²) in [5.74, 6) is -0.0225. The fraction of sp³-hybridized carbons (Fsp3) is 0.360. The molecule has 1 fully saturated rings. The van der Waals surface area contributed by atoms with Gasteiger partial charge in [0.2, 0.25) is 0 Å². The largest absolute Gasteiger partial charge is 0.351 e. The van der Waals surface area contributed by atoms with Crippen molar-refractivity contribution in [1.82, 2.24) is 15.2 Å². The molecule has 1 aromatic heterocycles. The molecule has 0 unspecified atom stereocenters. The molecule has 2 heterocycles. The minimum Gasteiger partial charge on any atom is -0.351 e. The molecule has 0 aliphatic carbocycles. The molecule has 1 N–H and O–H groups in total. The van der Waals surface area contributed by atoms with Crippen LogP contribution in [-0.4, -0.2) is 42.0 Å². The smallest absolute Gasteiger partial charge is 0.252 e. The van der Waals surface area contributed by atoms with E-state index >= 15 is 0 Å². The van der Waals surface area contributed by atoms with Crippen LogP contribution in [0.5, 0.6) is 0 Å². The number of aromatic nitrogens is 1. The lowest BCUT2D eigenvalue weighted by atomic mass is 10.0. The highest BCUT2D eigenvalue weighted by atomic mass is 16.1. The van der Waals surface area contributed by atoms with Gasteiger partial charge < -0.3 is 10.2 Å². The minimum absolute atomic E-state index is 0.0225. The zero-order valence-corrected chi connectivity index (χ0v) is 17.4. The molecule has 0 bridgehead atoms. The highest BCUT2D eigenvalue weighted by Gasteiger charge is 2.15. The van der Waals surface area contributed by atoms with E-state index in [1.54, 1.807) is 0 Å². The first-order chi connectivity index (χ1) is 14.1. The van der Waals surface area contributed by atoms with E-state index in [4.69, 9.17) is 4.98 Å². The summed E-state index contributed by atoms with van der Waals surface area (Å²) in [4.78, 5) is 20.3. The van der Waals surface area contributed by atoms with Crippen LogP contribution >= 0.6 is 0 Å². The number of para-hydroxylation sites is 1. The molecule has 1 aliphatic heterocycles. The van der Waals surface area contributed by atoms with Crippen LogP contribution in [0.2, 0.25) is 0 Å². The van der Waals surface area contributed by atoms with E-state index in [2.05, 4.69) is 42.3 Å². The number of nitrogens with one attached hydrogen (secondary N) is 1. The predicted molar refractivity (Wildman–Crippen MR) is 119 cm³/mol. The van der Waals surface area contributed by atoms with Crippen molar-refractivity contribution in [3.05, 3.63) is 65.2 Å². The van der Waals surface area contributed by atoms with Gasteiger partial charge in [-0.3, -0.25) is 4.79 Å². The number of amides is 1. The van der Waals surface area contributed by atoms with Gasteiger partial charge in [0.15, 0.2) is 0 Å². The molecule has 4 heteroatoms. The summed E-state index contributed by atoms with van der Waals surface area (Å²) in [5, 5.41) is 4.03. The Hall–Kier alpha value is -2.72. The SMILES string of the molecule is Cc1ccc(-c2cc(C(=O)NCCN3CCCCC3)c3ccccc3n2)cc1C. The quantitative estimate of drug-likeness (QED) is 0.688. The van der Waals surface area contributed by atoms with Crippen LogP contribution in [0.25, 0.3) is 22.2 Å². The van der Waals surface area contributed by atoms with E-state index in [1.807, 2.05) is 30.3 Å². The van der Waals surface area contributed by atoms with Gasteiger partial charge in [0, 0.05) is 24.0 Å². The summed E-state index contributed by atoms with van der Waals surface area (Å²) < 4.78 is 0. The van der Waals surface area contributed by atoms with Crippen molar-refractivity contribution in [2.45, 2.75) is 33.1 Å². The summed E-state index contributed by atoms with van der Waals surface area (Å²) in [6.45, 7) is 8.09. The lowest BCUT2D eigenvalue weighted by Gasteiger charge is -2.26. The molecule has 0 radical (unpaired) electrons. The van der Waals surface area contributed by atoms with E-state index in [0.29, 0.717) is 12.1 Å². The number of likely N-dealkylation sites (tertiary alicyclic amines) is 1. The van der Waals surface area contributed by atoms with Gasteiger partial charge in [-0.2, -0.15) is 0 Å². The summed E-state index contributed by atoms with van der Waals surface area (Å²) in [7, 11) is 0. The maximum absolute atomic E-state index is 13.0. The summed E-state index contributed by atoms with van der Waals surface area (Å²) in [5.41, 5.74) is 5.91. The van der Waals surface area contributed by atoms with E-state index in [1.165, 1.54) is 30.4 Å². The van der Waals surface area contributed by atoms with Crippen LogP contribution in [0, 0.1) is 13.8 Å². The van der Waals surface area contributed by atoms with Crippen LogP contribution in [0.15, 0.2) is 48.5 Å². The van der Waals surface area contributed by atoms with Gasteiger partial charge in [-0.05, 0) is 69.1 Å². The second kappa shape index (κ2) is 8.75. The first kappa shape index (κ1) is 19.6. The van der Waals surface area contributed by atoms with Gasteiger partial charge in [0.1, 0.15) is 0 Å². The number of pyridine rings is 1. The molecule has 29 heavy (non-hydrogen) atoms. The molecule has 1 saturated heterocycles. The van der Waals surface area contributed by atoms with Crippen molar-refractivity contribution in [3.8, 4) is 11.3 Å². The van der Waals surface area contributed by atoms with E-state index in [9.17, 15) is 4.79 Å². The Kier molecular flexibility index (Phi) is 5.91. The number of rotatable bonds is 5. The summed E-state index contributed by atoms with van der Waals surface area (Å²) in [6, 6.07) is 16.2. The minimum atomic E-state index is -0.0225. The monoisotopic (exact) mass is 387 g/mol. The lowest BCUT2D eigenvalue weighted by molar-refractivity contribution is 0.0948. The molecule has 1 aliphatic rings. The third-order valence-corrected chi connectivity index (χ3v) is 5.93. The third kappa shape index (κ3) is 4.48. The van der Waals surface area contributed by atoms with Crippen molar-refractivity contribution in [3.63, 3.8) is 0 Å². The number of piperidine rings is 1. The number of benzene rings is 2. The Morgan fingerprint density at radius 2 is 1.79 bits per heavy atom. The standard InChI is InChI=1S/C25H29N3O/c1-18-10-11-20(16-19(18)2)24-17-22(21-8-4-5-9-23(21)27-24)25(29)26-12-15-28-13-6-3-7-14-28/h4-5,8-11,16-17H,3,6-7,12-15H2,1-2H3,(H,26,29). The van der Waals surface area contributed by atoms with Crippen molar-refractivity contribution in [2.24, 2.45) is 0 Å². The Morgan fingerprint density at radius 3 is 2.59 bits per heavy atom. The number of carbonyl (C=O) groups is 1. The summed E-state index contributed by atoms with van der Waals surface area (Å²) in [6.07, 6.45) is 3.86. The molecule has 4 rings (SSSR count). The van der Waals surface area contributed by atoms with Gasteiger partial charge in [-0.15, -0.1) is 0 Å². The van der Waals surface area contributed by atoms with Gasteiger partial charge in [-0.1, -0.05) is 36.8 Å². The molecule has 1 amide bonds. The first-order valence-corrected chi connectivity index (χ1v) is 10.6. The van der Waals surface area contributed by atoms with Crippen molar-refractivity contribution in [1.29, 1.82) is 0 Å². The van der Waals surface area contributed by atoms with Crippen LogP contribution in [0.1, 0.15) is 40.7 Å². The van der Waals surface area contributed by atoms with E-state index in [0.717, 1.165) is 41.8 Å². The fourth-order valence-corrected chi connectivity index (χ4v) is 4.02. The van der Waals surface area contributed by atoms with E-state index < -0.39 is 0 Å². The molecule has 0 spiro atoms. The second-order valence-electron chi connectivity index (χ2n) is 8.03. The molecule has 2 aromatic carbocycles. The molecule has 150 valence electrons. The second-order valence-corrected chi connectivity index (χ2v) is 8.03. The van der Waals surface area contributed by atoms with Gasteiger partial charge in [-0.25, -0.2) is 4.98 Å². The average Bonchev–Trinajstić information content (AvgIpc) is 2.75. The molecular weight excluding hydrogens is 358 g/mol. The molecule has 0 atom stereocenters. The topological polar surface area (TPSA) is 45.2 Å². The molecule has 3 aromatic rings. The Morgan fingerprint density at radius 1 is 1.00 bits per heavy atom. The predicted octanol–water partition coefficient (Wildman–Crippen LogP) is 4.73. The molecule has 4 nitrogen and oxygen atoms in total. The number of hydrogen-bond donors (Lipinski definition) is 1. The highest BCUT2D eigenvalue weighted by molar-refractivity contribution is 6.07. The summed E-state index contributed by atoms with van der Waals surface area (Å²) >= 11 is 0. The third-order valence-electron chi connectivity index (χ3n) is 5.93. The Balaban J connectivity index is 1.60. The number of hydrogen-bond acceptors (Lipinski definition) is 3. The average molecular weight is 388 g/mol. The van der Waals surface area contributed by atoms with Crippen molar-refractivity contribution in [2.75, 3.05) is 26.2 Å². The number of nitrogens with zero attached hydrogens (tertiary/aromatic N) is 2. The lowest BCUT2D eigenvalue weighted by Crippen LogP contribution is -2.37. The normalized spacial score (nSPS) is 14.8. The van der Waals surface area contributed by atoms with Gasteiger partial charge >= 0.3 is 0 Å². The van der Waals surface area contributed by atoms with Crippen LogP contribution in [-0.2, 0) is 0 Å². The number of fused-ring (bicyclic) bond motifs is 1. The molecule has 0 saturated carbocycles.